The Morgan fingerprint density at radius 3 is 2.48 bits per heavy atom. The van der Waals surface area contributed by atoms with E-state index in [4.69, 9.17) is 29.6 Å². The molecular formula is C16H15ClN2OS. The van der Waals surface area contributed by atoms with Crippen LogP contribution in [0, 0.1) is 13.8 Å². The Labute approximate surface area is 134 Å². The van der Waals surface area contributed by atoms with Gasteiger partial charge in [0.05, 0.1) is 0 Å². The Hall–Kier alpha value is -1.91. The van der Waals surface area contributed by atoms with Crippen molar-refractivity contribution in [3.63, 3.8) is 0 Å². The third-order valence-electron chi connectivity index (χ3n) is 3.20. The summed E-state index contributed by atoms with van der Waals surface area (Å²) in [7, 11) is 0. The zero-order chi connectivity index (χ0) is 15.6. The van der Waals surface area contributed by atoms with Crippen LogP contribution in [0.25, 0.3) is 0 Å². The number of carbonyl (C=O) groups is 1. The standard InChI is InChI=1S/C16H15ClN2OS/c1-9-3-4-11(15(18)21)8-14(9)19-16(20)13-6-5-12(17)7-10(13)2/h3-8H,1-2H3,(H2,18,21)(H,19,20). The molecule has 0 bridgehead atoms. The molecule has 2 aromatic rings. The molecule has 3 nitrogen and oxygen atoms in total. The molecule has 0 saturated carbocycles. The zero-order valence-electron chi connectivity index (χ0n) is 11.7. The van der Waals surface area contributed by atoms with Gasteiger partial charge in [-0.3, -0.25) is 4.79 Å². The summed E-state index contributed by atoms with van der Waals surface area (Å²) < 4.78 is 0. The first-order chi connectivity index (χ1) is 9.88. The molecule has 1 amide bonds. The molecule has 0 unspecified atom stereocenters. The minimum atomic E-state index is -0.188. The van der Waals surface area contributed by atoms with Crippen LogP contribution < -0.4 is 11.1 Å². The van der Waals surface area contributed by atoms with E-state index in [9.17, 15) is 4.79 Å². The molecule has 108 valence electrons. The second-order valence-corrected chi connectivity index (χ2v) is 5.68. The minimum absolute atomic E-state index is 0.188. The van der Waals surface area contributed by atoms with E-state index in [-0.39, 0.29) is 5.91 Å². The molecule has 0 saturated heterocycles. The van der Waals surface area contributed by atoms with Gasteiger partial charge in [-0.2, -0.15) is 0 Å². The number of hydrogen-bond donors (Lipinski definition) is 2. The first-order valence-electron chi connectivity index (χ1n) is 6.36. The van der Waals surface area contributed by atoms with Crippen LogP contribution in [0.1, 0.15) is 27.0 Å². The average molecular weight is 319 g/mol. The molecule has 0 fully saturated rings. The number of nitrogens with one attached hydrogen (secondary N) is 1. The number of nitrogens with two attached hydrogens (primary N) is 1. The Morgan fingerprint density at radius 1 is 1.14 bits per heavy atom. The summed E-state index contributed by atoms with van der Waals surface area (Å²) in [5.41, 5.74) is 9.38. The van der Waals surface area contributed by atoms with E-state index in [0.717, 1.165) is 16.7 Å². The predicted octanol–water partition coefficient (Wildman–Crippen LogP) is 3.84. The number of benzene rings is 2. The molecule has 0 heterocycles. The molecule has 0 aliphatic heterocycles. The third-order valence-corrected chi connectivity index (χ3v) is 3.67. The fourth-order valence-electron chi connectivity index (χ4n) is 1.98. The van der Waals surface area contributed by atoms with Crippen molar-refractivity contribution in [2.75, 3.05) is 5.32 Å². The van der Waals surface area contributed by atoms with Crippen LogP contribution in [0.4, 0.5) is 5.69 Å². The molecular weight excluding hydrogens is 304 g/mol. The van der Waals surface area contributed by atoms with Gasteiger partial charge in [0.15, 0.2) is 0 Å². The van der Waals surface area contributed by atoms with Crippen LogP contribution >= 0.6 is 23.8 Å². The van der Waals surface area contributed by atoms with E-state index in [1.165, 1.54) is 0 Å². The first kappa shape index (κ1) is 15.5. The number of rotatable bonds is 3. The van der Waals surface area contributed by atoms with Crippen LogP contribution in [0.2, 0.25) is 5.02 Å². The smallest absolute Gasteiger partial charge is 0.255 e. The van der Waals surface area contributed by atoms with Crippen LogP contribution in [0.5, 0.6) is 0 Å². The highest BCUT2D eigenvalue weighted by Gasteiger charge is 2.11. The SMILES string of the molecule is Cc1ccc(C(N)=S)cc1NC(=O)c1ccc(Cl)cc1C. The van der Waals surface area contributed by atoms with Crippen molar-refractivity contribution < 1.29 is 4.79 Å². The van der Waals surface area contributed by atoms with Gasteiger partial charge in [-0.1, -0.05) is 36.0 Å². The molecule has 21 heavy (non-hydrogen) atoms. The van der Waals surface area contributed by atoms with Gasteiger partial charge in [0.1, 0.15) is 4.99 Å². The number of halogens is 1. The largest absolute Gasteiger partial charge is 0.389 e. The van der Waals surface area contributed by atoms with Gasteiger partial charge in [-0.05, 0) is 49.2 Å². The van der Waals surface area contributed by atoms with Crippen molar-refractivity contribution >= 4 is 40.4 Å². The number of aryl methyl sites for hydroxylation is 2. The maximum Gasteiger partial charge on any atom is 0.255 e. The van der Waals surface area contributed by atoms with Crippen molar-refractivity contribution in [2.24, 2.45) is 5.73 Å². The Kier molecular flexibility index (Phi) is 4.60. The lowest BCUT2D eigenvalue weighted by atomic mass is 10.1. The summed E-state index contributed by atoms with van der Waals surface area (Å²) in [5, 5.41) is 3.49. The minimum Gasteiger partial charge on any atom is -0.389 e. The molecule has 2 rings (SSSR count). The van der Waals surface area contributed by atoms with E-state index in [2.05, 4.69) is 5.32 Å². The average Bonchev–Trinajstić information content (AvgIpc) is 2.40. The zero-order valence-corrected chi connectivity index (χ0v) is 13.3. The summed E-state index contributed by atoms with van der Waals surface area (Å²) in [6.45, 7) is 3.76. The van der Waals surface area contributed by atoms with Crippen molar-refractivity contribution in [1.82, 2.24) is 0 Å². The number of thiocarbonyl (C=S) groups is 1. The number of hydrogen-bond acceptors (Lipinski definition) is 2. The third kappa shape index (κ3) is 3.60. The monoisotopic (exact) mass is 318 g/mol. The molecule has 0 aromatic heterocycles. The van der Waals surface area contributed by atoms with Crippen LogP contribution in [0.3, 0.4) is 0 Å². The first-order valence-corrected chi connectivity index (χ1v) is 7.15. The lowest BCUT2D eigenvalue weighted by Gasteiger charge is -2.11. The van der Waals surface area contributed by atoms with E-state index < -0.39 is 0 Å². The quantitative estimate of drug-likeness (QED) is 0.845. The van der Waals surface area contributed by atoms with E-state index >= 15 is 0 Å². The van der Waals surface area contributed by atoms with E-state index in [1.54, 1.807) is 24.3 Å². The second kappa shape index (κ2) is 6.24. The van der Waals surface area contributed by atoms with Crippen molar-refractivity contribution in [1.29, 1.82) is 0 Å². The van der Waals surface area contributed by atoms with Crippen molar-refractivity contribution in [3.8, 4) is 0 Å². The van der Waals surface area contributed by atoms with Gasteiger partial charge in [0, 0.05) is 21.8 Å². The highest BCUT2D eigenvalue weighted by atomic mass is 35.5. The van der Waals surface area contributed by atoms with Gasteiger partial charge < -0.3 is 11.1 Å². The fraction of sp³-hybridized carbons (Fsp3) is 0.125. The molecule has 5 heteroatoms. The summed E-state index contributed by atoms with van der Waals surface area (Å²) in [6, 6.07) is 10.6. The number of amides is 1. The Balaban J connectivity index is 2.31. The lowest BCUT2D eigenvalue weighted by molar-refractivity contribution is 0.102. The van der Waals surface area contributed by atoms with Gasteiger partial charge >= 0.3 is 0 Å². The summed E-state index contributed by atoms with van der Waals surface area (Å²) in [4.78, 5) is 12.7. The fourth-order valence-corrected chi connectivity index (χ4v) is 2.34. The summed E-state index contributed by atoms with van der Waals surface area (Å²) >= 11 is 10.9. The number of carbonyl (C=O) groups excluding carboxylic acids is 1. The van der Waals surface area contributed by atoms with Gasteiger partial charge in [0.2, 0.25) is 0 Å². The molecule has 3 N–H and O–H groups in total. The predicted molar refractivity (Wildman–Crippen MR) is 91.2 cm³/mol. The van der Waals surface area contributed by atoms with E-state index in [0.29, 0.717) is 21.3 Å². The maximum atomic E-state index is 12.4. The van der Waals surface area contributed by atoms with E-state index in [1.807, 2.05) is 26.0 Å². The van der Waals surface area contributed by atoms with Crippen molar-refractivity contribution in [3.05, 3.63) is 63.7 Å². The van der Waals surface area contributed by atoms with Crippen LogP contribution in [-0.4, -0.2) is 10.9 Å². The lowest BCUT2D eigenvalue weighted by Crippen LogP contribution is -2.15. The molecule has 0 aliphatic rings. The highest BCUT2D eigenvalue weighted by Crippen LogP contribution is 2.20. The highest BCUT2D eigenvalue weighted by molar-refractivity contribution is 7.80. The summed E-state index contributed by atoms with van der Waals surface area (Å²) in [6.07, 6.45) is 0. The van der Waals surface area contributed by atoms with Crippen LogP contribution in [0.15, 0.2) is 36.4 Å². The molecule has 2 aromatic carbocycles. The summed E-state index contributed by atoms with van der Waals surface area (Å²) in [5.74, 6) is -0.188. The Morgan fingerprint density at radius 2 is 1.86 bits per heavy atom. The van der Waals surface area contributed by atoms with Crippen molar-refractivity contribution in [2.45, 2.75) is 13.8 Å². The molecule has 0 aliphatic carbocycles. The molecule has 0 atom stereocenters. The van der Waals surface area contributed by atoms with Gasteiger partial charge in [-0.15, -0.1) is 0 Å². The van der Waals surface area contributed by atoms with Gasteiger partial charge in [0.25, 0.3) is 5.91 Å². The molecule has 0 spiro atoms. The van der Waals surface area contributed by atoms with Crippen LogP contribution in [-0.2, 0) is 0 Å². The van der Waals surface area contributed by atoms with Gasteiger partial charge in [-0.25, -0.2) is 0 Å². The molecule has 0 radical (unpaired) electrons. The maximum absolute atomic E-state index is 12.4. The normalized spacial score (nSPS) is 10.2. The number of anilines is 1. The topological polar surface area (TPSA) is 55.1 Å². The second-order valence-electron chi connectivity index (χ2n) is 4.81. The Bertz CT molecular complexity index is 728.